The monoisotopic (exact) mass is 281 g/mol. The fraction of sp³-hybridized carbons (Fsp3) is 1.00. The summed E-state index contributed by atoms with van der Waals surface area (Å²) in [5.41, 5.74) is 0.0249. The lowest BCUT2D eigenvalue weighted by Crippen LogP contribution is -2.50. The van der Waals surface area contributed by atoms with Gasteiger partial charge in [-0.1, -0.05) is 0 Å². The summed E-state index contributed by atoms with van der Waals surface area (Å²) in [6.07, 6.45) is 8.84. The quantitative estimate of drug-likeness (QED) is 0.763. The van der Waals surface area contributed by atoms with E-state index in [1.165, 1.54) is 45.2 Å². The minimum atomic E-state index is 0.0249. The van der Waals surface area contributed by atoms with E-state index >= 15 is 0 Å². The highest BCUT2D eigenvalue weighted by molar-refractivity contribution is 5.04. The molecule has 4 nitrogen and oxygen atoms in total. The number of likely N-dealkylation sites (N-methyl/N-ethyl adjacent to an activating group) is 1. The lowest BCUT2D eigenvalue weighted by Gasteiger charge is -2.34. The van der Waals surface area contributed by atoms with Gasteiger partial charge in [-0.3, -0.25) is 4.90 Å². The lowest BCUT2D eigenvalue weighted by molar-refractivity contribution is 0.125. The molecule has 3 fully saturated rings. The summed E-state index contributed by atoms with van der Waals surface area (Å²) < 4.78 is 0. The molecule has 0 bridgehead atoms. The molecule has 0 aromatic rings. The molecule has 2 aliphatic carbocycles. The van der Waals surface area contributed by atoms with Crippen LogP contribution in [0.2, 0.25) is 0 Å². The number of rotatable bonds is 6. The molecular formula is C16H31N3O. The van der Waals surface area contributed by atoms with Crippen molar-refractivity contribution in [2.45, 2.75) is 68.6 Å². The third-order valence-corrected chi connectivity index (χ3v) is 5.44. The minimum absolute atomic E-state index is 0.0249. The molecule has 0 aromatic heterocycles. The highest BCUT2D eigenvalue weighted by atomic mass is 16.3. The van der Waals surface area contributed by atoms with Crippen LogP contribution in [-0.2, 0) is 0 Å². The first-order chi connectivity index (χ1) is 9.62. The Balaban J connectivity index is 1.60. The number of nitrogens with one attached hydrogen (secondary N) is 1. The predicted octanol–water partition coefficient (Wildman–Crippen LogP) is 1.05. The Hall–Kier alpha value is -0.160. The molecule has 3 rings (SSSR count). The van der Waals surface area contributed by atoms with Gasteiger partial charge in [0.1, 0.15) is 0 Å². The van der Waals surface area contributed by atoms with Crippen LogP contribution in [0.25, 0.3) is 0 Å². The van der Waals surface area contributed by atoms with E-state index in [9.17, 15) is 5.11 Å². The Bertz CT molecular complexity index is 332. The molecule has 0 radical (unpaired) electrons. The first-order valence-corrected chi connectivity index (χ1v) is 8.41. The molecule has 2 saturated carbocycles. The third kappa shape index (κ3) is 3.19. The summed E-state index contributed by atoms with van der Waals surface area (Å²) in [7, 11) is 4.36. The van der Waals surface area contributed by atoms with Crippen molar-refractivity contribution in [2.24, 2.45) is 0 Å². The zero-order valence-corrected chi connectivity index (χ0v) is 13.1. The van der Waals surface area contributed by atoms with Gasteiger partial charge in [0, 0.05) is 30.2 Å². The van der Waals surface area contributed by atoms with Gasteiger partial charge in [0.25, 0.3) is 0 Å². The molecule has 3 aliphatic rings. The average molecular weight is 281 g/mol. The summed E-state index contributed by atoms with van der Waals surface area (Å²) in [5, 5.41) is 13.6. The topological polar surface area (TPSA) is 38.7 Å². The van der Waals surface area contributed by atoms with E-state index < -0.39 is 0 Å². The van der Waals surface area contributed by atoms with Gasteiger partial charge in [0.15, 0.2) is 0 Å². The molecule has 0 amide bonds. The van der Waals surface area contributed by atoms with Crippen molar-refractivity contribution in [3.8, 4) is 0 Å². The fourth-order valence-electron chi connectivity index (χ4n) is 4.32. The smallest absolute Gasteiger partial charge is 0.0614 e. The van der Waals surface area contributed by atoms with Gasteiger partial charge in [0.05, 0.1) is 6.61 Å². The molecule has 2 N–H and O–H groups in total. The van der Waals surface area contributed by atoms with Gasteiger partial charge >= 0.3 is 0 Å². The summed E-state index contributed by atoms with van der Waals surface area (Å²) in [6, 6.07) is 2.10. The van der Waals surface area contributed by atoms with E-state index in [1.54, 1.807) is 0 Å². The molecule has 3 atom stereocenters. The zero-order valence-electron chi connectivity index (χ0n) is 13.1. The summed E-state index contributed by atoms with van der Waals surface area (Å²) >= 11 is 0. The van der Waals surface area contributed by atoms with Crippen LogP contribution in [-0.4, -0.2) is 72.4 Å². The molecule has 1 saturated heterocycles. The van der Waals surface area contributed by atoms with Crippen LogP contribution in [0.15, 0.2) is 0 Å². The Labute approximate surface area is 123 Å². The number of hydrogen-bond donors (Lipinski definition) is 2. The maximum Gasteiger partial charge on any atom is 0.0614 e. The SMILES string of the molecule is CN(C)CC1CCCN1C1CCC(CO)(NC2CC2)C1. The molecule has 4 heteroatoms. The van der Waals surface area contributed by atoms with Crippen LogP contribution in [0.3, 0.4) is 0 Å². The molecular weight excluding hydrogens is 250 g/mol. The van der Waals surface area contributed by atoms with Crippen molar-refractivity contribution in [1.29, 1.82) is 0 Å². The summed E-state index contributed by atoms with van der Waals surface area (Å²) in [4.78, 5) is 5.06. The number of aliphatic hydroxyl groups is 1. The first-order valence-electron chi connectivity index (χ1n) is 8.41. The highest BCUT2D eigenvalue weighted by Gasteiger charge is 2.45. The second kappa shape index (κ2) is 5.91. The van der Waals surface area contributed by atoms with Crippen molar-refractivity contribution in [3.63, 3.8) is 0 Å². The molecule has 0 spiro atoms. The molecule has 1 heterocycles. The van der Waals surface area contributed by atoms with Crippen LogP contribution in [0.5, 0.6) is 0 Å². The molecule has 3 unspecified atom stereocenters. The highest BCUT2D eigenvalue weighted by Crippen LogP contribution is 2.38. The van der Waals surface area contributed by atoms with Gasteiger partial charge in [-0.15, -0.1) is 0 Å². The molecule has 0 aromatic carbocycles. The maximum absolute atomic E-state index is 9.88. The van der Waals surface area contributed by atoms with E-state index in [0.717, 1.165) is 18.9 Å². The van der Waals surface area contributed by atoms with Gasteiger partial charge in [-0.25, -0.2) is 0 Å². The summed E-state index contributed by atoms with van der Waals surface area (Å²) in [5.74, 6) is 0. The number of aliphatic hydroxyl groups excluding tert-OH is 1. The van der Waals surface area contributed by atoms with Gasteiger partial charge in [0.2, 0.25) is 0 Å². The van der Waals surface area contributed by atoms with Crippen molar-refractivity contribution in [1.82, 2.24) is 15.1 Å². The van der Waals surface area contributed by atoms with E-state index in [4.69, 9.17) is 0 Å². The van der Waals surface area contributed by atoms with E-state index in [0.29, 0.717) is 18.7 Å². The van der Waals surface area contributed by atoms with Crippen LogP contribution in [0.4, 0.5) is 0 Å². The largest absolute Gasteiger partial charge is 0.394 e. The van der Waals surface area contributed by atoms with Gasteiger partial charge < -0.3 is 15.3 Å². The van der Waals surface area contributed by atoms with Crippen LogP contribution in [0, 0.1) is 0 Å². The van der Waals surface area contributed by atoms with Crippen molar-refractivity contribution in [2.75, 3.05) is 33.8 Å². The first kappa shape index (κ1) is 14.8. The standard InChI is InChI=1S/C16H31N3O/c1-18(2)11-15-4-3-9-19(15)14-7-8-16(10-14,12-20)17-13-5-6-13/h13-15,17,20H,3-12H2,1-2H3. The number of nitrogens with zero attached hydrogens (tertiary/aromatic N) is 2. The number of likely N-dealkylation sites (tertiary alicyclic amines) is 1. The second-order valence-electron chi connectivity index (χ2n) is 7.55. The Morgan fingerprint density at radius 3 is 2.70 bits per heavy atom. The maximum atomic E-state index is 9.88. The van der Waals surface area contributed by atoms with Gasteiger partial charge in [-0.2, -0.15) is 0 Å². The lowest BCUT2D eigenvalue weighted by atomic mass is 9.98. The zero-order chi connectivity index (χ0) is 14.2. The van der Waals surface area contributed by atoms with Crippen LogP contribution >= 0.6 is 0 Å². The van der Waals surface area contributed by atoms with Crippen LogP contribution in [0.1, 0.15) is 44.9 Å². The van der Waals surface area contributed by atoms with Crippen molar-refractivity contribution < 1.29 is 5.11 Å². The van der Waals surface area contributed by atoms with Crippen molar-refractivity contribution in [3.05, 3.63) is 0 Å². The third-order valence-electron chi connectivity index (χ3n) is 5.44. The molecule has 116 valence electrons. The van der Waals surface area contributed by atoms with E-state index in [-0.39, 0.29) is 5.54 Å². The predicted molar refractivity (Wildman–Crippen MR) is 81.9 cm³/mol. The van der Waals surface area contributed by atoms with Crippen LogP contribution < -0.4 is 5.32 Å². The average Bonchev–Trinajstić information content (AvgIpc) is 2.93. The fourth-order valence-corrected chi connectivity index (χ4v) is 4.32. The molecule has 1 aliphatic heterocycles. The minimum Gasteiger partial charge on any atom is -0.394 e. The van der Waals surface area contributed by atoms with E-state index in [2.05, 4.69) is 29.2 Å². The Morgan fingerprint density at radius 2 is 2.05 bits per heavy atom. The second-order valence-corrected chi connectivity index (χ2v) is 7.55. The number of hydrogen-bond acceptors (Lipinski definition) is 4. The van der Waals surface area contributed by atoms with Gasteiger partial charge in [-0.05, 0) is 65.6 Å². The van der Waals surface area contributed by atoms with E-state index in [1.807, 2.05) is 0 Å². The Kier molecular flexibility index (Phi) is 4.37. The summed E-state index contributed by atoms with van der Waals surface area (Å²) in [6.45, 7) is 2.75. The Morgan fingerprint density at radius 1 is 1.25 bits per heavy atom. The molecule has 20 heavy (non-hydrogen) atoms. The normalized spacial score (nSPS) is 39.0. The van der Waals surface area contributed by atoms with Crippen molar-refractivity contribution >= 4 is 0 Å².